The van der Waals surface area contributed by atoms with E-state index in [4.69, 9.17) is 0 Å². The highest BCUT2D eigenvalue weighted by Crippen LogP contribution is 2.37. The molecule has 0 radical (unpaired) electrons. The fourth-order valence-electron chi connectivity index (χ4n) is 4.71. The predicted octanol–water partition coefficient (Wildman–Crippen LogP) is 4.53. The molecule has 1 N–H and O–H groups in total. The summed E-state index contributed by atoms with van der Waals surface area (Å²) in [7, 11) is 0. The Bertz CT molecular complexity index is 908. The van der Waals surface area contributed by atoms with Crippen LogP contribution < -0.4 is 0 Å². The molecule has 1 saturated heterocycles. The average Bonchev–Trinajstić information content (AvgIpc) is 3.20. The summed E-state index contributed by atoms with van der Waals surface area (Å²) in [5.74, 6) is 0.459. The number of amides is 1. The van der Waals surface area contributed by atoms with Crippen LogP contribution in [-0.2, 0) is 11.2 Å². The number of carbonyl (C=O) groups excluding carboxylic acids is 1. The van der Waals surface area contributed by atoms with Crippen molar-refractivity contribution in [3.8, 4) is 5.75 Å². The van der Waals surface area contributed by atoms with Gasteiger partial charge in [0.05, 0.1) is 12.5 Å². The van der Waals surface area contributed by atoms with Crippen molar-refractivity contribution in [2.75, 3.05) is 32.7 Å². The first-order valence-corrected chi connectivity index (χ1v) is 12.5. The second kappa shape index (κ2) is 11.1. The minimum absolute atomic E-state index is 0.0488. The molecule has 3 atom stereocenters. The molecule has 3 rings (SSSR count). The minimum atomic E-state index is 0.0488. The number of benzene rings is 1. The maximum atomic E-state index is 12.6. The molecule has 1 aliphatic rings. The number of piperazine rings is 1. The van der Waals surface area contributed by atoms with Crippen LogP contribution in [0.5, 0.6) is 5.75 Å². The van der Waals surface area contributed by atoms with Crippen molar-refractivity contribution in [2.24, 2.45) is 0 Å². The standard InChI is InChI=1S/C26H37N3O2S/c1-6-12-28-16-20(5)29(17-19(28)4)26(22-10-9-11-23(30)15-22)24-13-21(18-32-24)14-25(31)27(7-2)8-3/h6,9-11,13,15,18-20,26,30H,1,7-8,12,14,16-17H2,2-5H3/t19-,20+,26-/m1/s1. The first-order chi connectivity index (χ1) is 15.4. The molecule has 1 fully saturated rings. The summed E-state index contributed by atoms with van der Waals surface area (Å²) in [5.41, 5.74) is 2.16. The Labute approximate surface area is 197 Å². The normalized spacial score (nSPS) is 20.8. The molecular weight excluding hydrogens is 418 g/mol. The molecule has 0 saturated carbocycles. The molecule has 6 heteroatoms. The highest BCUT2D eigenvalue weighted by molar-refractivity contribution is 7.10. The first kappa shape index (κ1) is 24.5. The van der Waals surface area contributed by atoms with Crippen LogP contribution in [-0.4, -0.2) is 70.5 Å². The maximum absolute atomic E-state index is 12.6. The summed E-state index contributed by atoms with van der Waals surface area (Å²) in [6.45, 7) is 16.8. The molecule has 1 aromatic carbocycles. The van der Waals surface area contributed by atoms with E-state index < -0.39 is 0 Å². The number of hydrogen-bond acceptors (Lipinski definition) is 5. The maximum Gasteiger partial charge on any atom is 0.227 e. The van der Waals surface area contributed by atoms with Crippen molar-refractivity contribution < 1.29 is 9.90 Å². The van der Waals surface area contributed by atoms with Crippen molar-refractivity contribution >= 4 is 17.2 Å². The van der Waals surface area contributed by atoms with Crippen LogP contribution in [0.2, 0.25) is 0 Å². The van der Waals surface area contributed by atoms with Gasteiger partial charge in [0.25, 0.3) is 0 Å². The molecule has 1 aromatic heterocycles. The molecule has 0 aliphatic carbocycles. The van der Waals surface area contributed by atoms with Gasteiger partial charge in [0.1, 0.15) is 5.75 Å². The number of hydrogen-bond donors (Lipinski definition) is 1. The molecular formula is C26H37N3O2S. The van der Waals surface area contributed by atoms with E-state index in [1.165, 1.54) is 4.88 Å². The summed E-state index contributed by atoms with van der Waals surface area (Å²) in [6.07, 6.45) is 2.41. The second-order valence-corrected chi connectivity index (χ2v) is 9.68. The lowest BCUT2D eigenvalue weighted by atomic mass is 9.97. The summed E-state index contributed by atoms with van der Waals surface area (Å²) in [5, 5.41) is 12.3. The van der Waals surface area contributed by atoms with E-state index in [9.17, 15) is 9.90 Å². The van der Waals surface area contributed by atoms with E-state index in [0.717, 1.165) is 43.9 Å². The van der Waals surface area contributed by atoms with Gasteiger partial charge in [-0.3, -0.25) is 14.6 Å². The number of likely N-dealkylation sites (N-methyl/N-ethyl adjacent to an activating group) is 1. The monoisotopic (exact) mass is 455 g/mol. The van der Waals surface area contributed by atoms with Crippen molar-refractivity contribution in [3.63, 3.8) is 0 Å². The van der Waals surface area contributed by atoms with E-state index in [1.807, 2.05) is 37.0 Å². The quantitative estimate of drug-likeness (QED) is 0.564. The van der Waals surface area contributed by atoms with Gasteiger partial charge in [-0.1, -0.05) is 18.2 Å². The fraction of sp³-hybridized carbons (Fsp3) is 0.500. The Hall–Kier alpha value is -2.15. The Morgan fingerprint density at radius 3 is 2.66 bits per heavy atom. The van der Waals surface area contributed by atoms with Crippen LogP contribution in [0.3, 0.4) is 0 Å². The topological polar surface area (TPSA) is 47.0 Å². The molecule has 2 heterocycles. The minimum Gasteiger partial charge on any atom is -0.508 e. The predicted molar refractivity (Wildman–Crippen MR) is 133 cm³/mol. The van der Waals surface area contributed by atoms with E-state index in [0.29, 0.717) is 18.5 Å². The van der Waals surface area contributed by atoms with Crippen LogP contribution in [0.15, 0.2) is 48.4 Å². The molecule has 2 aromatic rings. The van der Waals surface area contributed by atoms with Gasteiger partial charge in [-0.2, -0.15) is 0 Å². The van der Waals surface area contributed by atoms with Gasteiger partial charge < -0.3 is 10.0 Å². The highest BCUT2D eigenvalue weighted by Gasteiger charge is 2.35. The Balaban J connectivity index is 1.91. The van der Waals surface area contributed by atoms with Crippen molar-refractivity contribution in [3.05, 3.63) is 64.4 Å². The van der Waals surface area contributed by atoms with Gasteiger partial charge in [0, 0.05) is 49.7 Å². The SMILES string of the molecule is C=CCN1C[C@H](C)N([C@H](c2cccc(O)c2)c2cc(CC(=O)N(CC)CC)cs2)C[C@H]1C. The average molecular weight is 456 g/mol. The second-order valence-electron chi connectivity index (χ2n) is 8.74. The van der Waals surface area contributed by atoms with E-state index in [1.54, 1.807) is 17.4 Å². The molecule has 32 heavy (non-hydrogen) atoms. The lowest BCUT2D eigenvalue weighted by Gasteiger charge is -2.47. The smallest absolute Gasteiger partial charge is 0.227 e. The van der Waals surface area contributed by atoms with E-state index in [-0.39, 0.29) is 17.7 Å². The van der Waals surface area contributed by atoms with Crippen molar-refractivity contribution in [1.29, 1.82) is 0 Å². The van der Waals surface area contributed by atoms with Crippen LogP contribution >= 0.6 is 11.3 Å². The van der Waals surface area contributed by atoms with Gasteiger partial charge in [0.15, 0.2) is 0 Å². The molecule has 0 spiro atoms. The third-order valence-electron chi connectivity index (χ3n) is 6.46. The number of nitrogens with zero attached hydrogens (tertiary/aromatic N) is 3. The van der Waals surface area contributed by atoms with Gasteiger partial charge in [-0.25, -0.2) is 0 Å². The Kier molecular flexibility index (Phi) is 8.51. The Morgan fingerprint density at radius 1 is 1.25 bits per heavy atom. The fourth-order valence-corrected chi connectivity index (χ4v) is 5.77. The largest absolute Gasteiger partial charge is 0.508 e. The molecule has 174 valence electrons. The third kappa shape index (κ3) is 5.61. The van der Waals surface area contributed by atoms with Gasteiger partial charge in [-0.05, 0) is 62.4 Å². The molecule has 0 unspecified atom stereocenters. The van der Waals surface area contributed by atoms with Crippen LogP contribution in [0.1, 0.15) is 49.7 Å². The molecule has 1 aliphatic heterocycles. The van der Waals surface area contributed by atoms with Gasteiger partial charge in [-0.15, -0.1) is 17.9 Å². The number of rotatable bonds is 9. The zero-order valence-electron chi connectivity index (χ0n) is 19.8. The summed E-state index contributed by atoms with van der Waals surface area (Å²) >= 11 is 1.71. The van der Waals surface area contributed by atoms with Crippen LogP contribution in [0, 0.1) is 0 Å². The first-order valence-electron chi connectivity index (χ1n) is 11.6. The molecule has 5 nitrogen and oxygen atoms in total. The summed E-state index contributed by atoms with van der Waals surface area (Å²) in [4.78, 5) is 20.7. The Morgan fingerprint density at radius 2 is 2.00 bits per heavy atom. The van der Waals surface area contributed by atoms with Gasteiger partial charge in [0.2, 0.25) is 5.91 Å². The third-order valence-corrected chi connectivity index (χ3v) is 7.49. The summed E-state index contributed by atoms with van der Waals surface area (Å²) < 4.78 is 0. The zero-order valence-corrected chi connectivity index (χ0v) is 20.6. The zero-order chi connectivity index (χ0) is 23.3. The van der Waals surface area contributed by atoms with E-state index in [2.05, 4.69) is 47.7 Å². The highest BCUT2D eigenvalue weighted by atomic mass is 32.1. The number of carbonyl (C=O) groups is 1. The molecule has 0 bridgehead atoms. The van der Waals surface area contributed by atoms with Crippen molar-refractivity contribution in [2.45, 2.75) is 52.2 Å². The number of thiophene rings is 1. The van der Waals surface area contributed by atoms with Crippen LogP contribution in [0.25, 0.3) is 0 Å². The number of aromatic hydroxyl groups is 1. The summed E-state index contributed by atoms with van der Waals surface area (Å²) in [6, 6.07) is 10.6. The lowest BCUT2D eigenvalue weighted by Crippen LogP contribution is -2.57. The lowest BCUT2D eigenvalue weighted by molar-refractivity contribution is -0.130. The van der Waals surface area contributed by atoms with Crippen LogP contribution in [0.4, 0.5) is 0 Å². The van der Waals surface area contributed by atoms with Gasteiger partial charge >= 0.3 is 0 Å². The number of phenols is 1. The number of phenolic OH excluding ortho intramolecular Hbond substituents is 1. The molecule has 1 amide bonds. The van der Waals surface area contributed by atoms with E-state index >= 15 is 0 Å². The van der Waals surface area contributed by atoms with Crippen molar-refractivity contribution in [1.82, 2.24) is 14.7 Å².